The van der Waals surface area contributed by atoms with E-state index in [2.05, 4.69) is 0 Å². The minimum absolute atomic E-state index is 0.249. The second-order valence-electron chi connectivity index (χ2n) is 6.57. The lowest BCUT2D eigenvalue weighted by Crippen LogP contribution is -2.29. The summed E-state index contributed by atoms with van der Waals surface area (Å²) in [4.78, 5) is 11.6. The maximum atomic E-state index is 11.6. The Hall–Kier alpha value is -1.35. The summed E-state index contributed by atoms with van der Waals surface area (Å²) in [5.74, 6) is -0.252. The molecule has 0 saturated carbocycles. The minimum atomic E-state index is -0.841. The Balaban J connectivity index is 2.36. The molecule has 0 unspecified atom stereocenters. The molecule has 0 spiro atoms. The van der Waals surface area contributed by atoms with Crippen LogP contribution in [-0.2, 0) is 16.0 Å². The molecule has 0 heterocycles. The minimum Gasteiger partial charge on any atom is -0.460 e. The van der Waals surface area contributed by atoms with Gasteiger partial charge in [0.25, 0.3) is 0 Å². The van der Waals surface area contributed by atoms with E-state index < -0.39 is 11.2 Å². The quantitative estimate of drug-likeness (QED) is 0.810. The van der Waals surface area contributed by atoms with Crippen LogP contribution in [0.5, 0.6) is 0 Å². The van der Waals surface area contributed by atoms with Gasteiger partial charge in [-0.1, -0.05) is 30.3 Å². The molecule has 0 aliphatic rings. The maximum Gasteiger partial charge on any atom is 0.306 e. The highest BCUT2D eigenvalue weighted by atomic mass is 16.6. The van der Waals surface area contributed by atoms with Crippen LogP contribution < -0.4 is 0 Å². The number of benzene rings is 1. The Morgan fingerprint density at radius 3 is 2.25 bits per heavy atom. The van der Waals surface area contributed by atoms with Crippen molar-refractivity contribution < 1.29 is 14.6 Å². The van der Waals surface area contributed by atoms with Gasteiger partial charge in [-0.05, 0) is 52.5 Å². The first-order valence-corrected chi connectivity index (χ1v) is 7.16. The van der Waals surface area contributed by atoms with Crippen molar-refractivity contribution in [2.75, 3.05) is 0 Å². The van der Waals surface area contributed by atoms with Crippen molar-refractivity contribution in [3.63, 3.8) is 0 Å². The van der Waals surface area contributed by atoms with Crippen molar-refractivity contribution in [2.24, 2.45) is 0 Å². The number of carbonyl (C=O) groups is 1. The van der Waals surface area contributed by atoms with Gasteiger partial charge in [-0.3, -0.25) is 4.79 Å². The normalized spacial score (nSPS) is 14.7. The highest BCUT2D eigenvalue weighted by Gasteiger charge is 2.23. The summed E-state index contributed by atoms with van der Waals surface area (Å²) in [7, 11) is 0. The molecule has 0 saturated heterocycles. The van der Waals surface area contributed by atoms with Gasteiger partial charge in [-0.2, -0.15) is 0 Å². The van der Waals surface area contributed by atoms with Crippen molar-refractivity contribution in [1.82, 2.24) is 0 Å². The van der Waals surface area contributed by atoms with Crippen molar-refractivity contribution in [2.45, 2.75) is 64.6 Å². The molecule has 1 aromatic rings. The van der Waals surface area contributed by atoms with Crippen LogP contribution in [0.4, 0.5) is 0 Å². The van der Waals surface area contributed by atoms with Gasteiger partial charge in [-0.15, -0.1) is 0 Å². The lowest BCUT2D eigenvalue weighted by molar-refractivity contribution is -0.156. The van der Waals surface area contributed by atoms with Crippen LogP contribution in [0.25, 0.3) is 0 Å². The van der Waals surface area contributed by atoms with Gasteiger partial charge >= 0.3 is 5.97 Å². The maximum absolute atomic E-state index is 11.6. The van der Waals surface area contributed by atoms with Gasteiger partial charge in [0.15, 0.2) is 0 Å². The molecule has 3 nitrogen and oxygen atoms in total. The van der Waals surface area contributed by atoms with Gasteiger partial charge < -0.3 is 9.84 Å². The zero-order chi connectivity index (χ0) is 15.2. The number of carbonyl (C=O) groups excluding carboxylic acids is 1. The number of hydrogen-bond donors (Lipinski definition) is 1. The molecule has 20 heavy (non-hydrogen) atoms. The Labute approximate surface area is 122 Å². The topological polar surface area (TPSA) is 46.5 Å². The van der Waals surface area contributed by atoms with Gasteiger partial charge in [0.1, 0.15) is 5.60 Å². The summed E-state index contributed by atoms with van der Waals surface area (Å²) in [6.45, 7) is 7.32. The van der Waals surface area contributed by atoms with E-state index in [4.69, 9.17) is 4.74 Å². The van der Waals surface area contributed by atoms with E-state index in [-0.39, 0.29) is 12.4 Å². The molecule has 1 N–H and O–H groups in total. The van der Waals surface area contributed by atoms with Crippen LogP contribution in [0.15, 0.2) is 30.3 Å². The first-order valence-electron chi connectivity index (χ1n) is 7.16. The molecule has 0 aliphatic heterocycles. The Morgan fingerprint density at radius 2 is 1.70 bits per heavy atom. The fourth-order valence-corrected chi connectivity index (χ4v) is 1.95. The molecular formula is C17H26O3. The summed E-state index contributed by atoms with van der Waals surface area (Å²) >= 11 is 0. The monoisotopic (exact) mass is 278 g/mol. The molecule has 0 fully saturated rings. The Kier molecular flexibility index (Phi) is 5.75. The molecule has 0 bridgehead atoms. The number of aryl methyl sites for hydroxylation is 1. The van der Waals surface area contributed by atoms with Gasteiger partial charge in [0.05, 0.1) is 5.60 Å². The second-order valence-corrected chi connectivity index (χ2v) is 6.57. The summed E-state index contributed by atoms with van der Waals surface area (Å²) in [6.07, 6.45) is 2.12. The molecule has 0 amide bonds. The number of rotatable bonds is 6. The zero-order valence-electron chi connectivity index (χ0n) is 13.0. The summed E-state index contributed by atoms with van der Waals surface area (Å²) < 4.78 is 5.25. The molecular weight excluding hydrogens is 252 g/mol. The van der Waals surface area contributed by atoms with Crippen LogP contribution in [0.3, 0.4) is 0 Å². The number of esters is 1. The van der Waals surface area contributed by atoms with E-state index in [0.29, 0.717) is 12.8 Å². The van der Waals surface area contributed by atoms with Crippen molar-refractivity contribution >= 4 is 5.97 Å². The van der Waals surface area contributed by atoms with Crippen molar-refractivity contribution in [3.8, 4) is 0 Å². The van der Waals surface area contributed by atoms with Gasteiger partial charge in [-0.25, -0.2) is 0 Å². The van der Waals surface area contributed by atoms with Crippen LogP contribution in [-0.4, -0.2) is 22.3 Å². The van der Waals surface area contributed by atoms with Crippen molar-refractivity contribution in [3.05, 3.63) is 35.9 Å². The Morgan fingerprint density at radius 1 is 1.10 bits per heavy atom. The Bertz CT molecular complexity index is 416. The summed E-state index contributed by atoms with van der Waals surface area (Å²) in [5, 5.41) is 10.3. The van der Waals surface area contributed by atoms with Crippen LogP contribution in [0, 0.1) is 0 Å². The van der Waals surface area contributed by atoms with E-state index in [1.165, 1.54) is 5.56 Å². The average Bonchev–Trinajstić information content (AvgIpc) is 2.34. The SMILES string of the molecule is CC(C)(C)OC(=O)CC[C@](C)(O)CCc1ccccc1. The lowest BCUT2D eigenvalue weighted by Gasteiger charge is -2.24. The number of hydrogen-bond acceptors (Lipinski definition) is 3. The predicted octanol–water partition coefficient (Wildman–Crippen LogP) is 3.49. The fourth-order valence-electron chi connectivity index (χ4n) is 1.95. The lowest BCUT2D eigenvalue weighted by atomic mass is 9.92. The highest BCUT2D eigenvalue weighted by molar-refractivity contribution is 5.69. The van der Waals surface area contributed by atoms with E-state index >= 15 is 0 Å². The number of aliphatic hydroxyl groups is 1. The summed E-state index contributed by atoms with van der Waals surface area (Å²) in [6, 6.07) is 10.0. The molecule has 1 aromatic carbocycles. The van der Waals surface area contributed by atoms with Crippen LogP contribution >= 0.6 is 0 Å². The summed E-state index contributed by atoms with van der Waals surface area (Å²) in [5.41, 5.74) is -0.107. The van der Waals surface area contributed by atoms with E-state index in [9.17, 15) is 9.90 Å². The highest BCUT2D eigenvalue weighted by Crippen LogP contribution is 2.21. The van der Waals surface area contributed by atoms with Crippen molar-refractivity contribution in [1.29, 1.82) is 0 Å². The largest absolute Gasteiger partial charge is 0.460 e. The second kappa shape index (κ2) is 6.89. The third-order valence-electron chi connectivity index (χ3n) is 3.08. The predicted molar refractivity (Wildman–Crippen MR) is 80.5 cm³/mol. The molecule has 1 rings (SSSR count). The first-order chi connectivity index (χ1) is 9.18. The zero-order valence-corrected chi connectivity index (χ0v) is 13.0. The third kappa shape index (κ3) is 7.29. The standard InChI is InChI=1S/C17H26O3/c1-16(2,3)20-15(18)11-13-17(4,19)12-10-14-8-6-5-7-9-14/h5-9,19H,10-13H2,1-4H3/t17-/m1/s1. The van der Waals surface area contributed by atoms with E-state index in [1.807, 2.05) is 51.1 Å². The van der Waals surface area contributed by atoms with Crippen LogP contribution in [0.1, 0.15) is 52.5 Å². The molecule has 0 aliphatic carbocycles. The average molecular weight is 278 g/mol. The smallest absolute Gasteiger partial charge is 0.306 e. The molecule has 0 radical (unpaired) electrons. The number of ether oxygens (including phenoxy) is 1. The molecule has 3 heteroatoms. The molecule has 0 aromatic heterocycles. The first kappa shape index (κ1) is 16.7. The van der Waals surface area contributed by atoms with Crippen LogP contribution in [0.2, 0.25) is 0 Å². The third-order valence-corrected chi connectivity index (χ3v) is 3.08. The van der Waals surface area contributed by atoms with E-state index in [0.717, 1.165) is 6.42 Å². The fraction of sp³-hybridized carbons (Fsp3) is 0.588. The molecule has 1 atom stereocenters. The molecule has 112 valence electrons. The van der Waals surface area contributed by atoms with E-state index in [1.54, 1.807) is 6.92 Å². The van der Waals surface area contributed by atoms with Gasteiger partial charge in [0.2, 0.25) is 0 Å². The van der Waals surface area contributed by atoms with Gasteiger partial charge in [0, 0.05) is 6.42 Å².